The highest BCUT2D eigenvalue weighted by atomic mass is 35.5. The predicted molar refractivity (Wildman–Crippen MR) is 104 cm³/mol. The van der Waals surface area contributed by atoms with Gasteiger partial charge in [0.15, 0.2) is 0 Å². The molecular formula is C19H14Cl2FN3O2. The van der Waals surface area contributed by atoms with Crippen molar-refractivity contribution < 1.29 is 9.18 Å². The van der Waals surface area contributed by atoms with Gasteiger partial charge in [-0.3, -0.25) is 14.2 Å². The van der Waals surface area contributed by atoms with Gasteiger partial charge in [0.25, 0.3) is 5.56 Å². The fourth-order valence-electron chi connectivity index (χ4n) is 2.55. The average molecular weight is 406 g/mol. The molecule has 0 saturated carbocycles. The lowest BCUT2D eigenvalue weighted by molar-refractivity contribution is -0.116. The van der Waals surface area contributed by atoms with E-state index in [0.717, 1.165) is 6.07 Å². The van der Waals surface area contributed by atoms with Crippen LogP contribution in [0, 0.1) is 12.7 Å². The zero-order valence-corrected chi connectivity index (χ0v) is 15.7. The summed E-state index contributed by atoms with van der Waals surface area (Å²) in [5.74, 6) is -0.943. The molecule has 138 valence electrons. The van der Waals surface area contributed by atoms with Gasteiger partial charge in [-0.25, -0.2) is 9.37 Å². The van der Waals surface area contributed by atoms with Crippen molar-refractivity contribution in [2.75, 3.05) is 5.32 Å². The summed E-state index contributed by atoms with van der Waals surface area (Å²) >= 11 is 11.7. The minimum absolute atomic E-state index is 0.0261. The van der Waals surface area contributed by atoms with E-state index in [-0.39, 0.29) is 17.3 Å². The van der Waals surface area contributed by atoms with E-state index in [0.29, 0.717) is 22.1 Å². The number of hydrogen-bond donors (Lipinski definition) is 1. The fraction of sp³-hybridized carbons (Fsp3) is 0.105. The van der Waals surface area contributed by atoms with E-state index in [9.17, 15) is 14.0 Å². The summed E-state index contributed by atoms with van der Waals surface area (Å²) in [5.41, 5.74) is 0.676. The molecule has 1 aromatic heterocycles. The molecule has 0 fully saturated rings. The number of amides is 1. The van der Waals surface area contributed by atoms with E-state index < -0.39 is 17.3 Å². The number of benzene rings is 2. The first-order valence-electron chi connectivity index (χ1n) is 7.93. The monoisotopic (exact) mass is 405 g/mol. The number of hydrogen-bond acceptors (Lipinski definition) is 3. The first kappa shape index (κ1) is 19.1. The van der Waals surface area contributed by atoms with Crippen molar-refractivity contribution >= 4 is 34.8 Å². The number of aryl methyl sites for hydroxylation is 1. The Bertz CT molecular complexity index is 1080. The van der Waals surface area contributed by atoms with Gasteiger partial charge >= 0.3 is 0 Å². The molecule has 0 aliphatic heterocycles. The second-order valence-corrected chi connectivity index (χ2v) is 6.70. The smallest absolute Gasteiger partial charge is 0.254 e. The molecule has 0 aliphatic rings. The number of aromatic nitrogens is 2. The highest BCUT2D eigenvalue weighted by molar-refractivity contribution is 6.31. The van der Waals surface area contributed by atoms with Crippen LogP contribution in [0.5, 0.6) is 0 Å². The molecular weight excluding hydrogens is 392 g/mol. The van der Waals surface area contributed by atoms with Gasteiger partial charge in [-0.05, 0) is 37.3 Å². The standard InChI is InChI=1S/C19H14Cl2FN3O2/c1-11-7-18(27)25(19(23-11)12-3-2-4-13(20)8-12)10-17(26)24-16-6-5-14(21)9-15(16)22/h2-9H,10H2,1H3,(H,24,26). The van der Waals surface area contributed by atoms with Crippen LogP contribution in [0.3, 0.4) is 0 Å². The summed E-state index contributed by atoms with van der Waals surface area (Å²) < 4.78 is 15.1. The molecule has 3 rings (SSSR count). The Balaban J connectivity index is 1.94. The van der Waals surface area contributed by atoms with Crippen LogP contribution >= 0.6 is 23.2 Å². The molecule has 0 atom stereocenters. The summed E-state index contributed by atoms with van der Waals surface area (Å²) in [6.45, 7) is 1.35. The van der Waals surface area contributed by atoms with Gasteiger partial charge in [-0.2, -0.15) is 0 Å². The maximum absolute atomic E-state index is 13.9. The highest BCUT2D eigenvalue weighted by Crippen LogP contribution is 2.21. The van der Waals surface area contributed by atoms with Gasteiger partial charge in [0.05, 0.1) is 5.69 Å². The largest absolute Gasteiger partial charge is 0.322 e. The Morgan fingerprint density at radius 2 is 1.89 bits per heavy atom. The number of nitrogens with zero attached hydrogens (tertiary/aromatic N) is 2. The van der Waals surface area contributed by atoms with Crippen LogP contribution in [-0.4, -0.2) is 15.5 Å². The zero-order valence-electron chi connectivity index (χ0n) is 14.2. The van der Waals surface area contributed by atoms with Gasteiger partial charge in [-0.1, -0.05) is 35.3 Å². The predicted octanol–water partition coefficient (Wildman–Crippen LogP) is 4.30. The van der Waals surface area contributed by atoms with E-state index >= 15 is 0 Å². The molecule has 1 heterocycles. The Kier molecular flexibility index (Phi) is 5.58. The topological polar surface area (TPSA) is 64.0 Å². The Hall–Kier alpha value is -2.70. The Morgan fingerprint density at radius 3 is 2.59 bits per heavy atom. The summed E-state index contributed by atoms with van der Waals surface area (Å²) in [4.78, 5) is 29.2. The Morgan fingerprint density at radius 1 is 1.15 bits per heavy atom. The van der Waals surface area contributed by atoms with Gasteiger partial charge < -0.3 is 5.32 Å². The molecule has 1 N–H and O–H groups in total. The first-order valence-corrected chi connectivity index (χ1v) is 8.68. The molecule has 0 spiro atoms. The molecule has 0 bridgehead atoms. The third kappa shape index (κ3) is 4.53. The van der Waals surface area contributed by atoms with E-state index in [2.05, 4.69) is 10.3 Å². The van der Waals surface area contributed by atoms with Crippen LogP contribution in [-0.2, 0) is 11.3 Å². The van der Waals surface area contributed by atoms with Crippen LogP contribution in [0.15, 0.2) is 53.3 Å². The minimum Gasteiger partial charge on any atom is -0.322 e. The number of rotatable bonds is 4. The summed E-state index contributed by atoms with van der Waals surface area (Å²) in [6, 6.07) is 12.0. The van der Waals surface area contributed by atoms with Gasteiger partial charge in [0.1, 0.15) is 18.2 Å². The van der Waals surface area contributed by atoms with Gasteiger partial charge in [0.2, 0.25) is 5.91 Å². The lowest BCUT2D eigenvalue weighted by Crippen LogP contribution is -2.29. The summed E-state index contributed by atoms with van der Waals surface area (Å²) in [5, 5.41) is 3.12. The normalized spacial score (nSPS) is 10.7. The second kappa shape index (κ2) is 7.90. The SMILES string of the molecule is Cc1cc(=O)n(CC(=O)Nc2ccc(Cl)cc2F)c(-c2cccc(Cl)c2)n1. The first-order chi connectivity index (χ1) is 12.8. The highest BCUT2D eigenvalue weighted by Gasteiger charge is 2.15. The van der Waals surface area contributed by atoms with Gasteiger partial charge in [0, 0.05) is 27.4 Å². The second-order valence-electron chi connectivity index (χ2n) is 5.83. The van der Waals surface area contributed by atoms with E-state index in [1.807, 2.05) is 0 Å². The number of nitrogens with one attached hydrogen (secondary N) is 1. The molecule has 3 aromatic rings. The van der Waals surface area contributed by atoms with Crippen molar-refractivity contribution in [2.24, 2.45) is 0 Å². The molecule has 0 saturated heterocycles. The molecule has 1 amide bonds. The number of halogens is 3. The molecule has 5 nitrogen and oxygen atoms in total. The van der Waals surface area contributed by atoms with E-state index in [4.69, 9.17) is 23.2 Å². The van der Waals surface area contributed by atoms with Crippen molar-refractivity contribution in [3.8, 4) is 11.4 Å². The quantitative estimate of drug-likeness (QED) is 0.703. The maximum Gasteiger partial charge on any atom is 0.254 e. The summed E-state index contributed by atoms with van der Waals surface area (Å²) in [7, 11) is 0. The lowest BCUT2D eigenvalue weighted by atomic mass is 10.2. The van der Waals surface area contributed by atoms with Gasteiger partial charge in [-0.15, -0.1) is 0 Å². The fourth-order valence-corrected chi connectivity index (χ4v) is 2.89. The van der Waals surface area contributed by atoms with Crippen molar-refractivity contribution in [3.05, 3.63) is 80.4 Å². The molecule has 0 aliphatic carbocycles. The lowest BCUT2D eigenvalue weighted by Gasteiger charge is -2.13. The molecule has 2 aromatic carbocycles. The maximum atomic E-state index is 13.9. The molecule has 0 radical (unpaired) electrons. The van der Waals surface area contributed by atoms with E-state index in [1.165, 1.54) is 22.8 Å². The van der Waals surface area contributed by atoms with Crippen LogP contribution in [0.4, 0.5) is 10.1 Å². The molecule has 0 unspecified atom stereocenters. The van der Waals surface area contributed by atoms with Crippen molar-refractivity contribution in [1.29, 1.82) is 0 Å². The number of carbonyl (C=O) groups excluding carboxylic acids is 1. The molecule has 8 heteroatoms. The average Bonchev–Trinajstić information content (AvgIpc) is 2.59. The van der Waals surface area contributed by atoms with Crippen molar-refractivity contribution in [3.63, 3.8) is 0 Å². The number of carbonyl (C=O) groups is 1. The van der Waals surface area contributed by atoms with Crippen LogP contribution in [0.2, 0.25) is 10.0 Å². The van der Waals surface area contributed by atoms with Crippen LogP contribution < -0.4 is 10.9 Å². The Labute approximate surface area is 164 Å². The summed E-state index contributed by atoms with van der Waals surface area (Å²) in [6.07, 6.45) is 0. The zero-order chi connectivity index (χ0) is 19.6. The third-order valence-corrected chi connectivity index (χ3v) is 4.20. The van der Waals surface area contributed by atoms with E-state index in [1.54, 1.807) is 31.2 Å². The number of anilines is 1. The van der Waals surface area contributed by atoms with Crippen LogP contribution in [0.25, 0.3) is 11.4 Å². The molecule has 27 heavy (non-hydrogen) atoms. The minimum atomic E-state index is -0.666. The third-order valence-electron chi connectivity index (χ3n) is 3.73. The van der Waals surface area contributed by atoms with Crippen molar-refractivity contribution in [2.45, 2.75) is 13.5 Å². The van der Waals surface area contributed by atoms with Crippen molar-refractivity contribution in [1.82, 2.24) is 9.55 Å². The van der Waals surface area contributed by atoms with Crippen LogP contribution in [0.1, 0.15) is 5.69 Å².